The van der Waals surface area contributed by atoms with Crippen molar-refractivity contribution < 1.29 is 26.7 Å². The van der Waals surface area contributed by atoms with Crippen molar-refractivity contribution in [1.82, 2.24) is 8.61 Å². The summed E-state index contributed by atoms with van der Waals surface area (Å²) < 4.78 is 51.9. The van der Waals surface area contributed by atoms with Crippen LogP contribution in [0.25, 0.3) is 0 Å². The van der Waals surface area contributed by atoms with Crippen molar-refractivity contribution >= 4 is 26.0 Å². The van der Waals surface area contributed by atoms with Gasteiger partial charge < -0.3 is 5.11 Å². The average Bonchev–Trinajstić information content (AvgIpc) is 2.90. The molecule has 1 aliphatic heterocycles. The summed E-state index contributed by atoms with van der Waals surface area (Å²) in [4.78, 5) is 10.9. The minimum atomic E-state index is -3.96. The molecule has 0 unspecified atom stereocenters. The third-order valence-electron chi connectivity index (χ3n) is 4.12. The summed E-state index contributed by atoms with van der Waals surface area (Å²) in [5.41, 5.74) is 0. The number of nitrogens with zero attached hydrogens (tertiary/aromatic N) is 2. The van der Waals surface area contributed by atoms with Gasteiger partial charge in [-0.15, -0.1) is 0 Å². The SMILES string of the molecule is C[C@@H]1CN(S(=O)(=O)c2cccc(S(=O)(=O)N(C)C)c2)C[C@H]1C(=O)O. The van der Waals surface area contributed by atoms with Gasteiger partial charge in [-0.3, -0.25) is 4.79 Å². The summed E-state index contributed by atoms with van der Waals surface area (Å²) in [5, 5.41) is 9.14. The Balaban J connectivity index is 2.40. The van der Waals surface area contributed by atoms with Gasteiger partial charge >= 0.3 is 5.97 Å². The zero-order chi connectivity index (χ0) is 18.3. The number of carboxylic acids is 1. The van der Waals surface area contributed by atoms with E-state index in [0.29, 0.717) is 0 Å². The summed E-state index contributed by atoms with van der Waals surface area (Å²) in [7, 11) is -5.01. The van der Waals surface area contributed by atoms with Crippen molar-refractivity contribution in [3.05, 3.63) is 24.3 Å². The van der Waals surface area contributed by atoms with Crippen LogP contribution in [0.3, 0.4) is 0 Å². The van der Waals surface area contributed by atoms with E-state index in [2.05, 4.69) is 0 Å². The third-order valence-corrected chi connectivity index (χ3v) is 7.76. The molecule has 1 aliphatic rings. The fourth-order valence-corrected chi connectivity index (χ4v) is 5.23. The first-order valence-corrected chi connectivity index (χ1v) is 10.1. The molecule has 0 aromatic heterocycles. The van der Waals surface area contributed by atoms with Gasteiger partial charge in [0.15, 0.2) is 0 Å². The Morgan fingerprint density at radius 3 is 2.25 bits per heavy atom. The number of carboxylic acid groups (broad SMARTS) is 1. The molecule has 2 rings (SSSR count). The van der Waals surface area contributed by atoms with E-state index in [-0.39, 0.29) is 28.8 Å². The standard InChI is InChI=1S/C14H20N2O6S2/c1-10-8-16(9-13(10)14(17)18)24(21,22)12-6-4-5-11(7-12)23(19,20)15(2)3/h4-7,10,13H,8-9H2,1-3H3,(H,17,18)/t10-,13-/m1/s1. The molecule has 8 nitrogen and oxygen atoms in total. The second-order valence-corrected chi connectivity index (χ2v) is 10.1. The highest BCUT2D eigenvalue weighted by molar-refractivity contribution is 7.90. The molecular formula is C14H20N2O6S2. The van der Waals surface area contributed by atoms with Crippen molar-refractivity contribution in [3.63, 3.8) is 0 Å². The average molecular weight is 376 g/mol. The van der Waals surface area contributed by atoms with Crippen LogP contribution in [0.15, 0.2) is 34.1 Å². The lowest BCUT2D eigenvalue weighted by Crippen LogP contribution is -2.30. The Labute approximate surface area is 141 Å². The van der Waals surface area contributed by atoms with E-state index in [1.165, 1.54) is 32.3 Å². The van der Waals surface area contributed by atoms with E-state index in [1.54, 1.807) is 6.92 Å². The van der Waals surface area contributed by atoms with Crippen LogP contribution in [0.4, 0.5) is 0 Å². The second kappa shape index (κ2) is 6.43. The molecular weight excluding hydrogens is 356 g/mol. The Morgan fingerprint density at radius 1 is 1.17 bits per heavy atom. The van der Waals surface area contributed by atoms with Crippen LogP contribution in [0.1, 0.15) is 6.92 Å². The van der Waals surface area contributed by atoms with E-state index < -0.39 is 31.9 Å². The number of carbonyl (C=O) groups is 1. The molecule has 10 heteroatoms. The van der Waals surface area contributed by atoms with Crippen LogP contribution in [0, 0.1) is 11.8 Å². The summed E-state index contributed by atoms with van der Waals surface area (Å²) in [6, 6.07) is 5.09. The summed E-state index contributed by atoms with van der Waals surface area (Å²) in [6.45, 7) is 1.65. The normalized spacial score (nSPS) is 22.8. The highest BCUT2D eigenvalue weighted by Crippen LogP contribution is 2.29. The first-order valence-electron chi connectivity index (χ1n) is 7.23. The Kier molecular flexibility index (Phi) is 5.05. The molecule has 2 atom stereocenters. The predicted octanol–water partition coefficient (Wildman–Crippen LogP) is 0.278. The van der Waals surface area contributed by atoms with Gasteiger partial charge in [-0.05, 0) is 24.1 Å². The Bertz CT molecular complexity index is 848. The number of rotatable bonds is 5. The summed E-state index contributed by atoms with van der Waals surface area (Å²) in [5.74, 6) is -2.12. The molecule has 1 heterocycles. The lowest BCUT2D eigenvalue weighted by atomic mass is 9.99. The number of aliphatic carboxylic acids is 1. The van der Waals surface area contributed by atoms with Gasteiger partial charge in [0.05, 0.1) is 15.7 Å². The van der Waals surface area contributed by atoms with E-state index in [4.69, 9.17) is 5.11 Å². The van der Waals surface area contributed by atoms with E-state index in [1.807, 2.05) is 0 Å². The topological polar surface area (TPSA) is 112 Å². The molecule has 1 N–H and O–H groups in total. The minimum Gasteiger partial charge on any atom is -0.481 e. The third kappa shape index (κ3) is 3.32. The highest BCUT2D eigenvalue weighted by Gasteiger charge is 2.40. The molecule has 1 aromatic rings. The first-order chi connectivity index (χ1) is 11.0. The van der Waals surface area contributed by atoms with Crippen LogP contribution < -0.4 is 0 Å². The maximum atomic E-state index is 12.7. The monoisotopic (exact) mass is 376 g/mol. The predicted molar refractivity (Wildman–Crippen MR) is 86.4 cm³/mol. The van der Waals surface area contributed by atoms with Crippen molar-refractivity contribution in [2.24, 2.45) is 11.8 Å². The van der Waals surface area contributed by atoms with Gasteiger partial charge in [0.2, 0.25) is 20.0 Å². The van der Waals surface area contributed by atoms with E-state index >= 15 is 0 Å². The fraction of sp³-hybridized carbons (Fsp3) is 0.500. The Hall–Kier alpha value is -1.49. The van der Waals surface area contributed by atoms with Crippen LogP contribution >= 0.6 is 0 Å². The van der Waals surface area contributed by atoms with E-state index in [9.17, 15) is 21.6 Å². The molecule has 24 heavy (non-hydrogen) atoms. The zero-order valence-corrected chi connectivity index (χ0v) is 15.2. The summed E-state index contributed by atoms with van der Waals surface area (Å²) >= 11 is 0. The van der Waals surface area contributed by atoms with E-state index in [0.717, 1.165) is 14.7 Å². The first kappa shape index (κ1) is 18.8. The number of hydrogen-bond acceptors (Lipinski definition) is 5. The number of hydrogen-bond donors (Lipinski definition) is 1. The van der Waals surface area contributed by atoms with Gasteiger partial charge in [0.1, 0.15) is 0 Å². The second-order valence-electron chi connectivity index (χ2n) is 6.01. The Morgan fingerprint density at radius 2 is 1.75 bits per heavy atom. The lowest BCUT2D eigenvalue weighted by Gasteiger charge is -2.17. The molecule has 0 radical (unpaired) electrons. The number of benzene rings is 1. The minimum absolute atomic E-state index is 0.0873. The molecule has 0 spiro atoms. The van der Waals surface area contributed by atoms with Crippen molar-refractivity contribution in [3.8, 4) is 0 Å². The molecule has 0 amide bonds. The lowest BCUT2D eigenvalue weighted by molar-refractivity contribution is -0.142. The van der Waals surface area contributed by atoms with Crippen molar-refractivity contribution in [1.29, 1.82) is 0 Å². The maximum absolute atomic E-state index is 12.7. The summed E-state index contributed by atoms with van der Waals surface area (Å²) in [6.07, 6.45) is 0. The van der Waals surface area contributed by atoms with Crippen LogP contribution in [-0.4, -0.2) is 63.7 Å². The molecule has 1 aromatic carbocycles. The zero-order valence-electron chi connectivity index (χ0n) is 13.6. The van der Waals surface area contributed by atoms with Crippen LogP contribution in [-0.2, 0) is 24.8 Å². The van der Waals surface area contributed by atoms with Crippen molar-refractivity contribution in [2.75, 3.05) is 27.2 Å². The van der Waals surface area contributed by atoms with Crippen molar-refractivity contribution in [2.45, 2.75) is 16.7 Å². The van der Waals surface area contributed by atoms with Gasteiger partial charge in [0.25, 0.3) is 0 Å². The molecule has 0 aliphatic carbocycles. The quantitative estimate of drug-likeness (QED) is 0.790. The van der Waals surface area contributed by atoms with Gasteiger partial charge in [-0.1, -0.05) is 13.0 Å². The smallest absolute Gasteiger partial charge is 0.308 e. The number of sulfonamides is 2. The fourth-order valence-electron chi connectivity index (χ4n) is 2.60. The van der Waals surface area contributed by atoms with Crippen LogP contribution in [0.5, 0.6) is 0 Å². The molecule has 0 bridgehead atoms. The van der Waals surface area contributed by atoms with Gasteiger partial charge in [-0.25, -0.2) is 21.1 Å². The van der Waals surface area contributed by atoms with Gasteiger partial charge in [-0.2, -0.15) is 4.31 Å². The molecule has 0 saturated carbocycles. The highest BCUT2D eigenvalue weighted by atomic mass is 32.2. The largest absolute Gasteiger partial charge is 0.481 e. The molecule has 1 fully saturated rings. The molecule has 134 valence electrons. The maximum Gasteiger partial charge on any atom is 0.308 e. The van der Waals surface area contributed by atoms with Crippen LogP contribution in [0.2, 0.25) is 0 Å². The molecule has 1 saturated heterocycles. The van der Waals surface area contributed by atoms with Gasteiger partial charge in [0, 0.05) is 27.2 Å².